The number of ether oxygens (including phenoxy) is 1. The van der Waals surface area contributed by atoms with Crippen LogP contribution in [0.5, 0.6) is 0 Å². The summed E-state index contributed by atoms with van der Waals surface area (Å²) in [6, 6.07) is 11.0. The van der Waals surface area contributed by atoms with Crippen LogP contribution in [0.1, 0.15) is 17.3 Å². The summed E-state index contributed by atoms with van der Waals surface area (Å²) in [5.41, 5.74) is 1.25. The SMILES string of the molecule is CCOC(=O)c1ccc(NC(=O)CN2N=N[C@@H]3C(=O)N(c4ccc(Br)cc4)C(=O)[C@H]32)cc1. The van der Waals surface area contributed by atoms with Crippen molar-refractivity contribution in [3.8, 4) is 0 Å². The Labute approximate surface area is 191 Å². The summed E-state index contributed by atoms with van der Waals surface area (Å²) in [7, 11) is 0. The number of rotatable bonds is 6. The van der Waals surface area contributed by atoms with Gasteiger partial charge in [0.05, 0.1) is 17.9 Å². The number of hydrogen-bond donors (Lipinski definition) is 1. The van der Waals surface area contributed by atoms with E-state index in [2.05, 4.69) is 31.6 Å². The second-order valence-electron chi connectivity index (χ2n) is 7.03. The monoisotopic (exact) mass is 499 g/mol. The molecule has 4 rings (SSSR count). The van der Waals surface area contributed by atoms with E-state index in [1.54, 1.807) is 43.3 Å². The highest BCUT2D eigenvalue weighted by Crippen LogP contribution is 2.32. The molecule has 0 spiro atoms. The number of halogens is 1. The van der Waals surface area contributed by atoms with E-state index in [0.29, 0.717) is 16.9 Å². The van der Waals surface area contributed by atoms with Crippen molar-refractivity contribution in [1.29, 1.82) is 0 Å². The summed E-state index contributed by atoms with van der Waals surface area (Å²) in [5.74, 6) is -1.87. The van der Waals surface area contributed by atoms with Gasteiger partial charge in [0.2, 0.25) is 5.91 Å². The Morgan fingerprint density at radius 2 is 1.75 bits per heavy atom. The van der Waals surface area contributed by atoms with Gasteiger partial charge in [-0.15, -0.1) is 0 Å². The Morgan fingerprint density at radius 3 is 2.41 bits per heavy atom. The first-order valence-corrected chi connectivity index (χ1v) is 10.6. The highest BCUT2D eigenvalue weighted by atomic mass is 79.9. The molecule has 0 aromatic heterocycles. The zero-order chi connectivity index (χ0) is 22.8. The lowest BCUT2D eigenvalue weighted by Gasteiger charge is -2.20. The summed E-state index contributed by atoms with van der Waals surface area (Å²) in [6.07, 6.45) is 0. The van der Waals surface area contributed by atoms with E-state index in [9.17, 15) is 19.2 Å². The molecule has 2 aliphatic heterocycles. The molecule has 1 fully saturated rings. The fraction of sp³-hybridized carbons (Fsp3) is 0.238. The van der Waals surface area contributed by atoms with Crippen molar-refractivity contribution < 1.29 is 23.9 Å². The van der Waals surface area contributed by atoms with Crippen LogP contribution in [0, 0.1) is 0 Å². The van der Waals surface area contributed by atoms with E-state index in [0.717, 1.165) is 9.37 Å². The number of carbonyl (C=O) groups excluding carboxylic acids is 4. The maximum absolute atomic E-state index is 12.9. The molecule has 0 unspecified atom stereocenters. The topological polar surface area (TPSA) is 121 Å². The van der Waals surface area contributed by atoms with E-state index in [4.69, 9.17) is 4.74 Å². The molecule has 2 atom stereocenters. The van der Waals surface area contributed by atoms with E-state index in [1.165, 1.54) is 17.1 Å². The Bertz CT molecular complexity index is 1100. The third-order valence-electron chi connectivity index (χ3n) is 4.93. The Balaban J connectivity index is 1.41. The molecule has 0 saturated carbocycles. The number of fused-ring (bicyclic) bond motifs is 1. The standard InChI is InChI=1S/C21H18BrN5O5/c1-2-32-21(31)12-3-7-14(8-4-12)23-16(28)11-26-18-17(24-25-26)19(29)27(20(18)30)15-9-5-13(22)6-10-15/h3-10,17-18H,2,11H2,1H3,(H,23,28)/t17-,18-/m0/s1. The molecule has 10 nitrogen and oxygen atoms in total. The predicted octanol–water partition coefficient (Wildman–Crippen LogP) is 2.56. The second kappa shape index (κ2) is 8.87. The number of anilines is 2. The number of amides is 3. The van der Waals surface area contributed by atoms with Crippen LogP contribution >= 0.6 is 15.9 Å². The molecule has 11 heteroatoms. The van der Waals surface area contributed by atoms with E-state index in [-0.39, 0.29) is 13.2 Å². The van der Waals surface area contributed by atoms with E-state index >= 15 is 0 Å². The third-order valence-corrected chi connectivity index (χ3v) is 5.46. The van der Waals surface area contributed by atoms with Crippen LogP contribution in [-0.4, -0.2) is 53.9 Å². The van der Waals surface area contributed by atoms with Crippen molar-refractivity contribution in [2.24, 2.45) is 10.3 Å². The van der Waals surface area contributed by atoms with E-state index < -0.39 is 35.8 Å². The minimum Gasteiger partial charge on any atom is -0.462 e. The third kappa shape index (κ3) is 4.11. The first-order valence-electron chi connectivity index (χ1n) is 9.77. The molecule has 164 valence electrons. The zero-order valence-electron chi connectivity index (χ0n) is 16.9. The smallest absolute Gasteiger partial charge is 0.338 e. The molecule has 1 saturated heterocycles. The second-order valence-corrected chi connectivity index (χ2v) is 7.94. The average Bonchev–Trinajstić information content (AvgIpc) is 3.29. The Kier molecular flexibility index (Phi) is 5.99. The largest absolute Gasteiger partial charge is 0.462 e. The molecule has 2 aromatic carbocycles. The Morgan fingerprint density at radius 1 is 1.06 bits per heavy atom. The normalized spacial score (nSPS) is 19.3. The summed E-state index contributed by atoms with van der Waals surface area (Å²) >= 11 is 3.32. The van der Waals surface area contributed by atoms with Gasteiger partial charge in [-0.3, -0.25) is 19.4 Å². The van der Waals surface area contributed by atoms with Crippen LogP contribution in [0.25, 0.3) is 0 Å². The quantitative estimate of drug-likeness (QED) is 0.481. The average molecular weight is 500 g/mol. The number of nitrogens with one attached hydrogen (secondary N) is 1. The summed E-state index contributed by atoms with van der Waals surface area (Å²) in [4.78, 5) is 50.9. The van der Waals surface area contributed by atoms with Crippen LogP contribution in [0.15, 0.2) is 63.3 Å². The molecule has 0 aliphatic carbocycles. The van der Waals surface area contributed by atoms with Gasteiger partial charge in [-0.25, -0.2) is 9.69 Å². The number of carbonyl (C=O) groups is 4. The van der Waals surface area contributed by atoms with Crippen molar-refractivity contribution in [2.45, 2.75) is 19.0 Å². The summed E-state index contributed by atoms with van der Waals surface area (Å²) < 4.78 is 5.74. The number of hydrogen-bond acceptors (Lipinski definition) is 8. The number of imide groups is 1. The number of nitrogens with zero attached hydrogens (tertiary/aromatic N) is 4. The van der Waals surface area contributed by atoms with E-state index in [1.807, 2.05) is 0 Å². The zero-order valence-corrected chi connectivity index (χ0v) is 18.5. The molecular formula is C21H18BrN5O5. The minimum absolute atomic E-state index is 0.266. The van der Waals surface area contributed by atoms with Gasteiger partial charge in [-0.05, 0) is 55.5 Å². The van der Waals surface area contributed by atoms with Gasteiger partial charge in [0.1, 0.15) is 6.54 Å². The molecule has 0 radical (unpaired) electrons. The lowest BCUT2D eigenvalue weighted by Crippen LogP contribution is -2.43. The van der Waals surface area contributed by atoms with Crippen LogP contribution in [0.4, 0.5) is 11.4 Å². The predicted molar refractivity (Wildman–Crippen MR) is 117 cm³/mol. The molecule has 0 bridgehead atoms. The van der Waals surface area contributed by atoms with Crippen molar-refractivity contribution >= 4 is 51.0 Å². The maximum atomic E-state index is 12.9. The number of benzene rings is 2. The van der Waals surface area contributed by atoms with Gasteiger partial charge in [-0.1, -0.05) is 21.2 Å². The molecule has 2 heterocycles. The summed E-state index contributed by atoms with van der Waals surface area (Å²) in [6.45, 7) is 1.72. The minimum atomic E-state index is -0.984. The summed E-state index contributed by atoms with van der Waals surface area (Å²) in [5, 5.41) is 11.7. The van der Waals surface area contributed by atoms with Crippen molar-refractivity contribution in [2.75, 3.05) is 23.4 Å². The van der Waals surface area contributed by atoms with Gasteiger partial charge < -0.3 is 10.1 Å². The van der Waals surface area contributed by atoms with Crippen molar-refractivity contribution in [3.05, 3.63) is 58.6 Å². The van der Waals surface area contributed by atoms with Crippen LogP contribution in [0.3, 0.4) is 0 Å². The van der Waals surface area contributed by atoms with Gasteiger partial charge >= 0.3 is 5.97 Å². The molecule has 2 aromatic rings. The number of esters is 1. The fourth-order valence-corrected chi connectivity index (χ4v) is 3.71. The van der Waals surface area contributed by atoms with Gasteiger partial charge in [-0.2, -0.15) is 5.11 Å². The molecule has 2 aliphatic rings. The Hall–Kier alpha value is -3.60. The lowest BCUT2D eigenvalue weighted by atomic mass is 10.1. The maximum Gasteiger partial charge on any atom is 0.338 e. The van der Waals surface area contributed by atoms with Gasteiger partial charge in [0, 0.05) is 10.2 Å². The van der Waals surface area contributed by atoms with Gasteiger partial charge in [0.15, 0.2) is 12.1 Å². The highest BCUT2D eigenvalue weighted by Gasteiger charge is 2.55. The van der Waals surface area contributed by atoms with Crippen molar-refractivity contribution in [1.82, 2.24) is 5.01 Å². The molecular weight excluding hydrogens is 482 g/mol. The first-order chi connectivity index (χ1) is 15.4. The van der Waals surface area contributed by atoms with Crippen molar-refractivity contribution in [3.63, 3.8) is 0 Å². The molecule has 1 N–H and O–H groups in total. The van der Waals surface area contributed by atoms with Gasteiger partial charge in [0.25, 0.3) is 11.8 Å². The lowest BCUT2D eigenvalue weighted by molar-refractivity contribution is -0.123. The molecule has 3 amide bonds. The highest BCUT2D eigenvalue weighted by molar-refractivity contribution is 9.10. The van der Waals surface area contributed by atoms with Crippen LogP contribution in [-0.2, 0) is 19.1 Å². The molecule has 32 heavy (non-hydrogen) atoms. The fourth-order valence-electron chi connectivity index (χ4n) is 3.45. The first kappa shape index (κ1) is 21.6. The van der Waals surface area contributed by atoms with Crippen LogP contribution in [0.2, 0.25) is 0 Å². The van der Waals surface area contributed by atoms with Crippen LogP contribution < -0.4 is 10.2 Å².